The molecule has 0 radical (unpaired) electrons. The molecule has 11 nitrogen and oxygen atoms in total. The number of hydrogen-bond donors (Lipinski definition) is 2. The zero-order valence-electron chi connectivity index (χ0n) is 26.3. The molecule has 7 rings (SSSR count). The summed E-state index contributed by atoms with van der Waals surface area (Å²) in [4.78, 5) is 50.1. The molecule has 5 heterocycles. The Morgan fingerprint density at radius 3 is 2.57 bits per heavy atom. The van der Waals surface area contributed by atoms with E-state index in [1.54, 1.807) is 34.3 Å². The molecular weight excluding hydrogens is 601 g/mol. The molecule has 3 aliphatic rings. The summed E-state index contributed by atoms with van der Waals surface area (Å²) in [6.45, 7) is 4.16. The molecule has 3 aliphatic heterocycles. The number of nitrogens with one attached hydrogen (secondary N) is 2. The lowest BCUT2D eigenvalue weighted by atomic mass is 9.92. The maximum Gasteiger partial charge on any atom is 0.410 e. The zero-order valence-corrected chi connectivity index (χ0v) is 26.3. The van der Waals surface area contributed by atoms with Crippen LogP contribution in [-0.4, -0.2) is 86.2 Å². The molecule has 0 spiro atoms. The van der Waals surface area contributed by atoms with Crippen molar-refractivity contribution >= 4 is 34.6 Å². The molecule has 4 amide bonds. The third-order valence-corrected chi connectivity index (χ3v) is 9.75. The van der Waals surface area contributed by atoms with Crippen LogP contribution in [0.25, 0.3) is 10.9 Å². The van der Waals surface area contributed by atoms with Crippen molar-refractivity contribution in [3.05, 3.63) is 89.1 Å². The Labute approximate surface area is 272 Å². The van der Waals surface area contributed by atoms with Crippen molar-refractivity contribution in [3.8, 4) is 0 Å². The predicted octanol–water partition coefficient (Wildman–Crippen LogP) is 5.37. The molecule has 2 fully saturated rings. The number of carbonyl (C=O) groups excluding carboxylic acids is 3. The first-order chi connectivity index (χ1) is 22.8. The Morgan fingerprint density at radius 1 is 1.02 bits per heavy atom. The Morgan fingerprint density at radius 2 is 1.81 bits per heavy atom. The van der Waals surface area contributed by atoms with Gasteiger partial charge < -0.3 is 24.8 Å². The third-order valence-electron chi connectivity index (χ3n) is 9.75. The number of likely N-dealkylation sites (tertiary alicyclic amines) is 2. The summed E-state index contributed by atoms with van der Waals surface area (Å²) < 4.78 is 20.2. The van der Waals surface area contributed by atoms with E-state index in [-0.39, 0.29) is 36.0 Å². The number of ether oxygens (including phenoxy) is 1. The van der Waals surface area contributed by atoms with Gasteiger partial charge in [-0.15, -0.1) is 0 Å². The summed E-state index contributed by atoms with van der Waals surface area (Å²) in [7, 11) is 0. The second kappa shape index (κ2) is 13.0. The van der Waals surface area contributed by atoms with Gasteiger partial charge in [0.2, 0.25) is 0 Å². The number of anilines is 1. The maximum atomic E-state index is 14.2. The van der Waals surface area contributed by atoms with Gasteiger partial charge in [0.05, 0.1) is 17.4 Å². The fourth-order valence-corrected chi connectivity index (χ4v) is 7.17. The second-order valence-corrected chi connectivity index (χ2v) is 12.7. The van der Waals surface area contributed by atoms with Gasteiger partial charge in [-0.1, -0.05) is 24.3 Å². The van der Waals surface area contributed by atoms with Crippen molar-refractivity contribution in [2.75, 3.05) is 31.5 Å². The van der Waals surface area contributed by atoms with Gasteiger partial charge in [0.25, 0.3) is 5.91 Å². The standard InChI is InChI=1S/C35H38FN7O4/c1-22-17-23(18-26-20-38-40-31(22)26)19-30(33(44)41-13-8-24(9-14-41)29-7-2-3-12-37-29)47-35(46)42-15-10-27(11-16-42)43-21-25-5-4-6-28(36)32(25)39-34(43)45/h2-7,12,17-18,20,24,27,30H,8-11,13-16,19,21H2,1H3,(H,38,40)(H,39,45). The SMILES string of the molecule is Cc1cc(CC(OC(=O)N2CCC(N3Cc4cccc(F)c4NC3=O)CC2)C(=O)N2CCC(c3ccccn3)CC2)cc2cn[nH]c12. The topological polar surface area (TPSA) is 124 Å². The number of fused-ring (bicyclic) bond motifs is 2. The summed E-state index contributed by atoms with van der Waals surface area (Å²) in [5.41, 5.74) is 4.81. The minimum absolute atomic E-state index is 0.113. The molecule has 0 aliphatic carbocycles. The van der Waals surface area contributed by atoms with Gasteiger partial charge in [0.1, 0.15) is 5.82 Å². The smallest absolute Gasteiger partial charge is 0.410 e. The predicted molar refractivity (Wildman–Crippen MR) is 173 cm³/mol. The molecular formula is C35H38FN7O4. The molecule has 4 aromatic rings. The molecule has 12 heteroatoms. The molecule has 2 N–H and O–H groups in total. The molecule has 0 saturated carbocycles. The minimum Gasteiger partial charge on any atom is -0.436 e. The highest BCUT2D eigenvalue weighted by Crippen LogP contribution is 2.31. The number of pyridine rings is 1. The van der Waals surface area contributed by atoms with Gasteiger partial charge in [0, 0.05) is 68.4 Å². The first-order valence-corrected chi connectivity index (χ1v) is 16.3. The molecule has 47 heavy (non-hydrogen) atoms. The first kappa shape index (κ1) is 30.6. The van der Waals surface area contributed by atoms with E-state index in [0.29, 0.717) is 45.6 Å². The Bertz CT molecular complexity index is 1780. The van der Waals surface area contributed by atoms with Crippen molar-refractivity contribution in [3.63, 3.8) is 0 Å². The molecule has 2 saturated heterocycles. The Kier molecular flexibility index (Phi) is 8.48. The number of amides is 4. The van der Waals surface area contributed by atoms with Gasteiger partial charge in [-0.05, 0) is 73.6 Å². The van der Waals surface area contributed by atoms with E-state index in [1.807, 2.05) is 42.2 Å². The van der Waals surface area contributed by atoms with E-state index in [2.05, 4.69) is 20.5 Å². The molecule has 2 aromatic carbocycles. The number of urea groups is 1. The number of nitrogens with zero attached hydrogens (tertiary/aromatic N) is 5. The molecule has 0 bridgehead atoms. The van der Waals surface area contributed by atoms with Crippen LogP contribution in [0.4, 0.5) is 19.7 Å². The summed E-state index contributed by atoms with van der Waals surface area (Å²) in [6, 6.07) is 14.2. The number of rotatable bonds is 6. The van der Waals surface area contributed by atoms with Crippen LogP contribution in [0.3, 0.4) is 0 Å². The minimum atomic E-state index is -0.991. The fourth-order valence-electron chi connectivity index (χ4n) is 7.17. The highest BCUT2D eigenvalue weighted by atomic mass is 19.1. The van der Waals surface area contributed by atoms with Crippen LogP contribution in [0.1, 0.15) is 54.0 Å². The normalized spacial score (nSPS) is 18.2. The van der Waals surface area contributed by atoms with Gasteiger partial charge in [-0.3, -0.25) is 14.9 Å². The molecule has 1 unspecified atom stereocenters. The average molecular weight is 640 g/mol. The van der Waals surface area contributed by atoms with Crippen LogP contribution in [0.5, 0.6) is 0 Å². The van der Waals surface area contributed by atoms with Crippen molar-refractivity contribution in [1.29, 1.82) is 0 Å². The zero-order chi connectivity index (χ0) is 32.5. The van der Waals surface area contributed by atoms with Crippen LogP contribution >= 0.6 is 0 Å². The maximum absolute atomic E-state index is 14.2. The van der Waals surface area contributed by atoms with Crippen molar-refractivity contribution in [2.45, 2.75) is 63.6 Å². The number of aromatic amines is 1. The number of piperidine rings is 2. The number of hydrogen-bond acceptors (Lipinski definition) is 6. The average Bonchev–Trinajstić information content (AvgIpc) is 3.58. The van der Waals surface area contributed by atoms with Crippen molar-refractivity contribution in [1.82, 2.24) is 29.9 Å². The van der Waals surface area contributed by atoms with E-state index in [4.69, 9.17) is 4.74 Å². The van der Waals surface area contributed by atoms with Crippen LogP contribution in [-0.2, 0) is 22.5 Å². The molecule has 244 valence electrons. The van der Waals surface area contributed by atoms with Gasteiger partial charge in [0.15, 0.2) is 6.10 Å². The monoisotopic (exact) mass is 639 g/mol. The van der Waals surface area contributed by atoms with Gasteiger partial charge >= 0.3 is 12.1 Å². The van der Waals surface area contributed by atoms with Crippen LogP contribution in [0.15, 0.2) is 60.9 Å². The lowest BCUT2D eigenvalue weighted by Crippen LogP contribution is -2.52. The summed E-state index contributed by atoms with van der Waals surface area (Å²) >= 11 is 0. The number of aromatic nitrogens is 3. The number of halogens is 1. The third kappa shape index (κ3) is 6.36. The van der Waals surface area contributed by atoms with Crippen LogP contribution in [0.2, 0.25) is 0 Å². The summed E-state index contributed by atoms with van der Waals surface area (Å²) in [5, 5.41) is 10.8. The second-order valence-electron chi connectivity index (χ2n) is 12.7. The highest BCUT2D eigenvalue weighted by Gasteiger charge is 2.36. The van der Waals surface area contributed by atoms with E-state index >= 15 is 0 Å². The van der Waals surface area contributed by atoms with E-state index in [9.17, 15) is 18.8 Å². The van der Waals surface area contributed by atoms with Gasteiger partial charge in [-0.2, -0.15) is 5.10 Å². The van der Waals surface area contributed by atoms with Crippen molar-refractivity contribution < 1.29 is 23.5 Å². The molecule has 2 aromatic heterocycles. The quantitative estimate of drug-likeness (QED) is 0.292. The summed E-state index contributed by atoms with van der Waals surface area (Å²) in [6.07, 6.45) is 4.93. The first-order valence-electron chi connectivity index (χ1n) is 16.3. The van der Waals surface area contributed by atoms with Crippen molar-refractivity contribution in [2.24, 2.45) is 0 Å². The van der Waals surface area contributed by atoms with E-state index < -0.39 is 18.0 Å². The van der Waals surface area contributed by atoms with Gasteiger partial charge in [-0.25, -0.2) is 14.0 Å². The lowest BCUT2D eigenvalue weighted by molar-refractivity contribution is -0.142. The number of H-pyrrole nitrogens is 1. The van der Waals surface area contributed by atoms with E-state index in [0.717, 1.165) is 46.1 Å². The van der Waals surface area contributed by atoms with E-state index in [1.165, 1.54) is 6.07 Å². The number of para-hydroxylation sites is 1. The number of carbonyl (C=O) groups is 3. The fraction of sp³-hybridized carbons (Fsp3) is 0.400. The Hall–Kier alpha value is -5.00. The van der Waals surface area contributed by atoms with Crippen LogP contribution < -0.4 is 5.32 Å². The Balaban J connectivity index is 1.02. The summed E-state index contributed by atoms with van der Waals surface area (Å²) in [5.74, 6) is -0.369. The number of aryl methyl sites for hydroxylation is 1. The highest BCUT2D eigenvalue weighted by molar-refractivity contribution is 5.92. The van der Waals surface area contributed by atoms with Crippen LogP contribution in [0, 0.1) is 12.7 Å². The lowest BCUT2D eigenvalue weighted by Gasteiger charge is -2.40. The molecule has 1 atom stereocenters. The largest absolute Gasteiger partial charge is 0.436 e. The number of benzene rings is 2.